The number of rotatable bonds is 2. The highest BCUT2D eigenvalue weighted by atomic mass is 15.2. The van der Waals surface area contributed by atoms with Crippen molar-refractivity contribution >= 4 is 0 Å². The number of H-pyrrole nitrogens is 1. The second-order valence-electron chi connectivity index (χ2n) is 2.71. The van der Waals surface area contributed by atoms with Crippen LogP contribution >= 0.6 is 0 Å². The van der Waals surface area contributed by atoms with Crippen LogP contribution in [0.3, 0.4) is 0 Å². The highest BCUT2D eigenvalue weighted by Gasteiger charge is 2.20. The maximum atomic E-state index is 4.03. The molecule has 0 amide bonds. The van der Waals surface area contributed by atoms with Crippen LogP contribution in [0.1, 0.15) is 19.7 Å². The molecule has 1 heterocycles. The van der Waals surface area contributed by atoms with E-state index in [4.69, 9.17) is 0 Å². The minimum absolute atomic E-state index is 0.115. The molecule has 4 heteroatoms. The molecule has 0 spiro atoms. The van der Waals surface area contributed by atoms with E-state index in [-0.39, 0.29) is 5.54 Å². The molecule has 1 aromatic rings. The van der Waals surface area contributed by atoms with Gasteiger partial charge in [0.2, 0.25) is 0 Å². The molecule has 0 bridgehead atoms. The number of aromatic nitrogens is 3. The minimum atomic E-state index is -0.115. The summed E-state index contributed by atoms with van der Waals surface area (Å²) in [6.45, 7) is 4.07. The van der Waals surface area contributed by atoms with Crippen molar-refractivity contribution in [3.05, 3.63) is 12.2 Å². The van der Waals surface area contributed by atoms with Crippen molar-refractivity contribution in [2.45, 2.75) is 19.4 Å². The van der Waals surface area contributed by atoms with Gasteiger partial charge in [-0.2, -0.15) is 5.10 Å². The van der Waals surface area contributed by atoms with E-state index >= 15 is 0 Å². The van der Waals surface area contributed by atoms with Gasteiger partial charge in [-0.05, 0) is 20.9 Å². The van der Waals surface area contributed by atoms with Gasteiger partial charge in [0.15, 0.2) is 0 Å². The van der Waals surface area contributed by atoms with Crippen LogP contribution < -0.4 is 5.32 Å². The Hall–Kier alpha value is -0.900. The molecule has 0 radical (unpaired) electrons. The minimum Gasteiger partial charge on any atom is -0.308 e. The summed E-state index contributed by atoms with van der Waals surface area (Å²) in [6.07, 6.45) is 1.51. The molecule has 0 saturated carbocycles. The van der Waals surface area contributed by atoms with Gasteiger partial charge in [0, 0.05) is 0 Å². The molecule has 1 aromatic heterocycles. The van der Waals surface area contributed by atoms with Gasteiger partial charge >= 0.3 is 0 Å². The quantitative estimate of drug-likeness (QED) is 0.619. The number of nitrogens with zero attached hydrogens (tertiary/aromatic N) is 2. The predicted molar refractivity (Wildman–Crippen MR) is 38.5 cm³/mol. The maximum absolute atomic E-state index is 4.03. The summed E-state index contributed by atoms with van der Waals surface area (Å²) in [6, 6.07) is 0. The van der Waals surface area contributed by atoms with E-state index in [2.05, 4.69) is 20.5 Å². The van der Waals surface area contributed by atoms with Crippen LogP contribution in [-0.4, -0.2) is 22.2 Å². The lowest BCUT2D eigenvalue weighted by Crippen LogP contribution is -2.34. The molecule has 0 unspecified atom stereocenters. The lowest BCUT2D eigenvalue weighted by molar-refractivity contribution is 0.418. The fourth-order valence-electron chi connectivity index (χ4n) is 0.625. The third-order valence-electron chi connectivity index (χ3n) is 1.63. The van der Waals surface area contributed by atoms with Gasteiger partial charge in [0.05, 0.1) is 5.54 Å². The third kappa shape index (κ3) is 1.16. The van der Waals surface area contributed by atoms with E-state index in [9.17, 15) is 0 Å². The van der Waals surface area contributed by atoms with Gasteiger partial charge in [0.1, 0.15) is 12.2 Å². The molecule has 2 N–H and O–H groups in total. The smallest absolute Gasteiger partial charge is 0.143 e. The summed E-state index contributed by atoms with van der Waals surface area (Å²) in [7, 11) is 1.89. The maximum Gasteiger partial charge on any atom is 0.143 e. The van der Waals surface area contributed by atoms with E-state index in [0.29, 0.717) is 0 Å². The second-order valence-corrected chi connectivity index (χ2v) is 2.71. The normalized spacial score (nSPS) is 11.9. The van der Waals surface area contributed by atoms with Crippen LogP contribution in [0, 0.1) is 0 Å². The highest BCUT2D eigenvalue weighted by molar-refractivity contribution is 4.97. The van der Waals surface area contributed by atoms with E-state index in [1.54, 1.807) is 0 Å². The standard InChI is InChI=1S/C6H12N4/c1-6(2,7-3)5-8-4-9-10-5/h4,7H,1-3H3,(H,8,9,10). The fourth-order valence-corrected chi connectivity index (χ4v) is 0.625. The molecular formula is C6H12N4. The summed E-state index contributed by atoms with van der Waals surface area (Å²) in [5, 5.41) is 9.67. The van der Waals surface area contributed by atoms with E-state index in [1.165, 1.54) is 6.33 Å². The average Bonchev–Trinajstić information content (AvgIpc) is 2.38. The molecule has 0 saturated heterocycles. The van der Waals surface area contributed by atoms with Crippen molar-refractivity contribution in [1.82, 2.24) is 20.5 Å². The molecular weight excluding hydrogens is 128 g/mol. The van der Waals surface area contributed by atoms with Gasteiger partial charge in [0.25, 0.3) is 0 Å². The molecule has 0 aliphatic rings. The van der Waals surface area contributed by atoms with Crippen LogP contribution in [0.4, 0.5) is 0 Å². The lowest BCUT2D eigenvalue weighted by atomic mass is 10.1. The first-order chi connectivity index (χ1) is 4.67. The van der Waals surface area contributed by atoms with Crippen LogP contribution in [0.25, 0.3) is 0 Å². The Kier molecular flexibility index (Phi) is 1.72. The van der Waals surface area contributed by atoms with Crippen molar-refractivity contribution in [3.63, 3.8) is 0 Å². The third-order valence-corrected chi connectivity index (χ3v) is 1.63. The van der Waals surface area contributed by atoms with Gasteiger partial charge in [-0.3, -0.25) is 5.10 Å². The van der Waals surface area contributed by atoms with Crippen molar-refractivity contribution in [1.29, 1.82) is 0 Å². The van der Waals surface area contributed by atoms with Gasteiger partial charge in [-0.1, -0.05) is 0 Å². The average molecular weight is 140 g/mol. The van der Waals surface area contributed by atoms with Gasteiger partial charge in [-0.25, -0.2) is 4.98 Å². The molecule has 10 heavy (non-hydrogen) atoms. The van der Waals surface area contributed by atoms with Crippen LogP contribution in [0.2, 0.25) is 0 Å². The molecule has 4 nitrogen and oxygen atoms in total. The first-order valence-electron chi connectivity index (χ1n) is 3.21. The Morgan fingerprint density at radius 1 is 1.60 bits per heavy atom. The van der Waals surface area contributed by atoms with E-state index < -0.39 is 0 Å². The van der Waals surface area contributed by atoms with Crippen molar-refractivity contribution < 1.29 is 0 Å². The molecule has 1 rings (SSSR count). The predicted octanol–water partition coefficient (Wildman–Crippen LogP) is 0.259. The monoisotopic (exact) mass is 140 g/mol. The van der Waals surface area contributed by atoms with E-state index in [0.717, 1.165) is 5.82 Å². The molecule has 0 aromatic carbocycles. The summed E-state index contributed by atoms with van der Waals surface area (Å²) < 4.78 is 0. The zero-order chi connectivity index (χ0) is 7.61. The Morgan fingerprint density at radius 3 is 2.70 bits per heavy atom. The SMILES string of the molecule is CNC(C)(C)c1ncn[nH]1. The number of nitrogens with one attached hydrogen (secondary N) is 2. The summed E-state index contributed by atoms with van der Waals surface area (Å²) in [5.74, 6) is 0.856. The molecule has 0 atom stereocenters. The van der Waals surface area contributed by atoms with Gasteiger partial charge in [-0.15, -0.1) is 0 Å². The topological polar surface area (TPSA) is 53.6 Å². The molecule has 0 aliphatic heterocycles. The molecule has 0 aliphatic carbocycles. The number of hydrogen-bond donors (Lipinski definition) is 2. The van der Waals surface area contributed by atoms with Gasteiger partial charge < -0.3 is 5.32 Å². The molecule has 56 valence electrons. The fraction of sp³-hybridized carbons (Fsp3) is 0.667. The Morgan fingerprint density at radius 2 is 2.30 bits per heavy atom. The Labute approximate surface area is 60.1 Å². The van der Waals surface area contributed by atoms with E-state index in [1.807, 2.05) is 20.9 Å². The zero-order valence-electron chi connectivity index (χ0n) is 6.47. The van der Waals surface area contributed by atoms with Crippen LogP contribution in [0.15, 0.2) is 6.33 Å². The summed E-state index contributed by atoms with van der Waals surface area (Å²) >= 11 is 0. The molecule has 0 fully saturated rings. The summed E-state index contributed by atoms with van der Waals surface area (Å²) in [5.41, 5.74) is -0.115. The largest absolute Gasteiger partial charge is 0.308 e. The van der Waals surface area contributed by atoms with Crippen molar-refractivity contribution in [3.8, 4) is 0 Å². The van der Waals surface area contributed by atoms with Crippen LogP contribution in [-0.2, 0) is 5.54 Å². The summed E-state index contributed by atoms with van der Waals surface area (Å²) in [4.78, 5) is 4.03. The lowest BCUT2D eigenvalue weighted by Gasteiger charge is -2.19. The van der Waals surface area contributed by atoms with Crippen LogP contribution in [0.5, 0.6) is 0 Å². The second kappa shape index (κ2) is 2.38. The Bertz CT molecular complexity index is 190. The first-order valence-corrected chi connectivity index (χ1v) is 3.21. The Balaban J connectivity index is 2.85. The highest BCUT2D eigenvalue weighted by Crippen LogP contribution is 2.12. The first kappa shape index (κ1) is 7.21. The van der Waals surface area contributed by atoms with Crippen molar-refractivity contribution in [2.24, 2.45) is 0 Å². The van der Waals surface area contributed by atoms with Crippen molar-refractivity contribution in [2.75, 3.05) is 7.05 Å². The number of aromatic amines is 1. The zero-order valence-corrected chi connectivity index (χ0v) is 6.47. The number of hydrogen-bond acceptors (Lipinski definition) is 3.